The summed E-state index contributed by atoms with van der Waals surface area (Å²) in [6.45, 7) is 7.97. The molecule has 0 saturated carbocycles. The molecule has 0 N–H and O–H groups in total. The Morgan fingerprint density at radius 3 is 2.38 bits per heavy atom. The molecule has 0 aromatic carbocycles. The summed E-state index contributed by atoms with van der Waals surface area (Å²) in [6.07, 6.45) is 0.754. The van der Waals surface area contributed by atoms with Crippen molar-refractivity contribution in [2.75, 3.05) is 0 Å². The zero-order chi connectivity index (χ0) is 10.1. The number of aromatic nitrogens is 2. The van der Waals surface area contributed by atoms with Crippen molar-refractivity contribution in [3.05, 3.63) is 23.3 Å². The van der Waals surface area contributed by atoms with Gasteiger partial charge in [-0.05, 0) is 13.0 Å². The molecule has 0 fully saturated rings. The molecular weight excluding hydrogens is 164 g/mol. The average Bonchev–Trinajstić information content (AvgIpc) is 2.01. The van der Waals surface area contributed by atoms with Crippen molar-refractivity contribution < 1.29 is 4.79 Å². The van der Waals surface area contributed by atoms with Gasteiger partial charge in [0.25, 0.3) is 0 Å². The number of carbonyl (C=O) groups excluding carboxylic acids is 1. The Hall–Kier alpha value is -1.25. The van der Waals surface area contributed by atoms with Gasteiger partial charge in [-0.15, -0.1) is 0 Å². The molecule has 1 rings (SSSR count). The Bertz CT molecular complexity index is 326. The minimum atomic E-state index is -0.0363. The molecule has 3 nitrogen and oxygen atoms in total. The van der Waals surface area contributed by atoms with Crippen molar-refractivity contribution in [2.24, 2.45) is 0 Å². The van der Waals surface area contributed by atoms with Gasteiger partial charge in [0.05, 0.1) is 5.69 Å². The summed E-state index contributed by atoms with van der Waals surface area (Å²) in [5.41, 5.74) is 1.32. The first-order valence-corrected chi connectivity index (χ1v) is 4.25. The van der Waals surface area contributed by atoms with E-state index in [1.165, 1.54) is 0 Å². The zero-order valence-corrected chi connectivity index (χ0v) is 8.46. The number of nitrogens with zero attached hydrogens (tertiary/aromatic N) is 2. The third-order valence-corrected chi connectivity index (χ3v) is 1.75. The van der Waals surface area contributed by atoms with Crippen LogP contribution in [0.15, 0.2) is 6.07 Å². The Balaban J connectivity index is 3.24. The lowest BCUT2D eigenvalue weighted by Gasteiger charge is -2.17. The molecule has 1 heterocycles. The molecule has 0 spiro atoms. The van der Waals surface area contributed by atoms with Crippen LogP contribution in [0.25, 0.3) is 0 Å². The Labute approximate surface area is 78.2 Å². The number of aldehydes is 1. The minimum Gasteiger partial charge on any atom is -0.296 e. The van der Waals surface area contributed by atoms with E-state index in [0.29, 0.717) is 11.5 Å². The SMILES string of the molecule is Cc1nc(C=O)cc(C(C)(C)C)n1. The maximum atomic E-state index is 10.5. The van der Waals surface area contributed by atoms with Gasteiger partial charge in [-0.1, -0.05) is 20.8 Å². The monoisotopic (exact) mass is 178 g/mol. The molecule has 3 heteroatoms. The quantitative estimate of drug-likeness (QED) is 0.617. The molecular formula is C10H14N2O. The predicted molar refractivity (Wildman–Crippen MR) is 50.9 cm³/mol. The van der Waals surface area contributed by atoms with E-state index >= 15 is 0 Å². The number of rotatable bonds is 1. The minimum absolute atomic E-state index is 0.0363. The van der Waals surface area contributed by atoms with Crippen LogP contribution in [-0.2, 0) is 5.41 Å². The topological polar surface area (TPSA) is 42.9 Å². The Morgan fingerprint density at radius 2 is 1.92 bits per heavy atom. The van der Waals surface area contributed by atoms with Gasteiger partial charge in [-0.25, -0.2) is 9.97 Å². The second-order valence-electron chi connectivity index (χ2n) is 4.09. The first-order chi connectivity index (χ1) is 5.93. The van der Waals surface area contributed by atoms with Crippen LogP contribution < -0.4 is 0 Å². The summed E-state index contributed by atoms with van der Waals surface area (Å²) < 4.78 is 0. The molecule has 0 bridgehead atoms. The van der Waals surface area contributed by atoms with E-state index in [2.05, 4.69) is 30.7 Å². The average molecular weight is 178 g/mol. The summed E-state index contributed by atoms with van der Waals surface area (Å²) in [5, 5.41) is 0. The lowest BCUT2D eigenvalue weighted by atomic mass is 9.91. The van der Waals surface area contributed by atoms with Crippen LogP contribution in [0.2, 0.25) is 0 Å². The van der Waals surface area contributed by atoms with Crippen molar-refractivity contribution in [3.8, 4) is 0 Å². The molecule has 0 saturated heterocycles. The summed E-state index contributed by atoms with van der Waals surface area (Å²) in [7, 11) is 0. The summed E-state index contributed by atoms with van der Waals surface area (Å²) in [5.74, 6) is 0.648. The maximum Gasteiger partial charge on any atom is 0.168 e. The van der Waals surface area contributed by atoms with Gasteiger partial charge < -0.3 is 0 Å². The highest BCUT2D eigenvalue weighted by Gasteiger charge is 2.16. The van der Waals surface area contributed by atoms with E-state index in [1.807, 2.05) is 0 Å². The molecule has 0 amide bonds. The number of aryl methyl sites for hydroxylation is 1. The van der Waals surface area contributed by atoms with Crippen LogP contribution >= 0.6 is 0 Å². The summed E-state index contributed by atoms with van der Waals surface area (Å²) >= 11 is 0. The first-order valence-electron chi connectivity index (χ1n) is 4.25. The van der Waals surface area contributed by atoms with Crippen LogP contribution in [0.5, 0.6) is 0 Å². The third-order valence-electron chi connectivity index (χ3n) is 1.75. The molecule has 1 aromatic rings. The van der Waals surface area contributed by atoms with Gasteiger partial charge in [0, 0.05) is 5.41 Å². The van der Waals surface area contributed by atoms with Crippen LogP contribution in [0.4, 0.5) is 0 Å². The van der Waals surface area contributed by atoms with Crippen LogP contribution in [0.3, 0.4) is 0 Å². The normalized spacial score (nSPS) is 11.4. The van der Waals surface area contributed by atoms with Gasteiger partial charge in [-0.2, -0.15) is 0 Å². The first kappa shape index (κ1) is 9.84. The number of carbonyl (C=O) groups is 1. The number of hydrogen-bond donors (Lipinski definition) is 0. The third kappa shape index (κ3) is 2.34. The molecule has 1 aromatic heterocycles. The standard InChI is InChI=1S/C10H14N2O/c1-7-11-8(6-13)5-9(12-7)10(2,3)4/h5-6H,1-4H3. The molecule has 0 aliphatic rings. The van der Waals surface area contributed by atoms with E-state index in [9.17, 15) is 4.79 Å². The van der Waals surface area contributed by atoms with Gasteiger partial charge in [0.1, 0.15) is 11.5 Å². The lowest BCUT2D eigenvalue weighted by Crippen LogP contribution is -2.15. The highest BCUT2D eigenvalue weighted by atomic mass is 16.1. The Kier molecular flexibility index (Phi) is 2.45. The van der Waals surface area contributed by atoms with E-state index in [0.717, 1.165) is 12.0 Å². The van der Waals surface area contributed by atoms with Crippen LogP contribution in [-0.4, -0.2) is 16.3 Å². The molecule has 0 unspecified atom stereocenters. The van der Waals surface area contributed by atoms with Gasteiger partial charge >= 0.3 is 0 Å². The summed E-state index contributed by atoms with van der Waals surface area (Å²) in [4.78, 5) is 18.8. The predicted octanol–water partition coefficient (Wildman–Crippen LogP) is 1.90. The van der Waals surface area contributed by atoms with Crippen molar-refractivity contribution in [1.82, 2.24) is 9.97 Å². The van der Waals surface area contributed by atoms with E-state index in [1.54, 1.807) is 13.0 Å². The molecule has 0 atom stereocenters. The van der Waals surface area contributed by atoms with E-state index < -0.39 is 0 Å². The highest BCUT2D eigenvalue weighted by molar-refractivity contribution is 5.71. The fourth-order valence-electron chi connectivity index (χ4n) is 1.04. The van der Waals surface area contributed by atoms with Crippen molar-refractivity contribution in [2.45, 2.75) is 33.1 Å². The Morgan fingerprint density at radius 1 is 1.31 bits per heavy atom. The lowest BCUT2D eigenvalue weighted by molar-refractivity contribution is 0.111. The molecule has 13 heavy (non-hydrogen) atoms. The second kappa shape index (κ2) is 3.24. The maximum absolute atomic E-state index is 10.5. The van der Waals surface area contributed by atoms with Crippen molar-refractivity contribution in [3.63, 3.8) is 0 Å². The fraction of sp³-hybridized carbons (Fsp3) is 0.500. The molecule has 0 radical (unpaired) electrons. The van der Waals surface area contributed by atoms with Crippen molar-refractivity contribution >= 4 is 6.29 Å². The zero-order valence-electron chi connectivity index (χ0n) is 8.46. The largest absolute Gasteiger partial charge is 0.296 e. The molecule has 0 aliphatic carbocycles. The van der Waals surface area contributed by atoms with Crippen molar-refractivity contribution in [1.29, 1.82) is 0 Å². The summed E-state index contributed by atoms with van der Waals surface area (Å²) in [6, 6.07) is 1.74. The molecule has 0 aliphatic heterocycles. The smallest absolute Gasteiger partial charge is 0.168 e. The van der Waals surface area contributed by atoms with Gasteiger partial charge in [-0.3, -0.25) is 4.79 Å². The van der Waals surface area contributed by atoms with Crippen LogP contribution in [0.1, 0.15) is 42.8 Å². The van der Waals surface area contributed by atoms with Gasteiger partial charge in [0.2, 0.25) is 0 Å². The highest BCUT2D eigenvalue weighted by Crippen LogP contribution is 2.19. The fourth-order valence-corrected chi connectivity index (χ4v) is 1.04. The second-order valence-corrected chi connectivity index (χ2v) is 4.09. The van der Waals surface area contributed by atoms with Crippen LogP contribution in [0, 0.1) is 6.92 Å². The van der Waals surface area contributed by atoms with E-state index in [-0.39, 0.29) is 5.41 Å². The van der Waals surface area contributed by atoms with Gasteiger partial charge in [0.15, 0.2) is 6.29 Å². The number of hydrogen-bond acceptors (Lipinski definition) is 3. The molecule has 70 valence electrons. The van der Waals surface area contributed by atoms with E-state index in [4.69, 9.17) is 0 Å².